The molecule has 118 valence electrons. The average Bonchev–Trinajstić information content (AvgIpc) is 3.11. The predicted octanol–water partition coefficient (Wildman–Crippen LogP) is 3.73. The van der Waals surface area contributed by atoms with Gasteiger partial charge >= 0.3 is 0 Å². The topological polar surface area (TPSA) is 21.1 Å². The van der Waals surface area contributed by atoms with Crippen molar-refractivity contribution in [1.82, 2.24) is 14.7 Å². The van der Waals surface area contributed by atoms with E-state index in [1.807, 2.05) is 16.8 Å². The van der Waals surface area contributed by atoms with Gasteiger partial charge in [-0.15, -0.1) is 0 Å². The highest BCUT2D eigenvalue weighted by molar-refractivity contribution is 5.40. The van der Waals surface area contributed by atoms with Crippen molar-refractivity contribution >= 4 is 0 Å². The van der Waals surface area contributed by atoms with Crippen LogP contribution in [0.4, 0.5) is 4.39 Å². The van der Waals surface area contributed by atoms with E-state index in [9.17, 15) is 4.39 Å². The van der Waals surface area contributed by atoms with Gasteiger partial charge in [-0.25, -0.2) is 9.07 Å². The first kappa shape index (κ1) is 15.2. The Labute approximate surface area is 131 Å². The van der Waals surface area contributed by atoms with Gasteiger partial charge in [0.15, 0.2) is 0 Å². The minimum Gasteiger partial charge on any atom is -0.298 e. The van der Waals surface area contributed by atoms with Gasteiger partial charge in [0.25, 0.3) is 0 Å². The predicted molar refractivity (Wildman–Crippen MR) is 86.8 cm³/mol. The lowest BCUT2D eigenvalue weighted by atomic mass is 10.1. The molecule has 3 nitrogen and oxygen atoms in total. The van der Waals surface area contributed by atoms with Crippen LogP contribution in [0.2, 0.25) is 0 Å². The van der Waals surface area contributed by atoms with Crippen LogP contribution in [0.3, 0.4) is 0 Å². The number of fused-ring (bicyclic) bond motifs is 1. The van der Waals surface area contributed by atoms with Gasteiger partial charge in [0.2, 0.25) is 0 Å². The van der Waals surface area contributed by atoms with E-state index in [0.29, 0.717) is 6.04 Å². The Balaban J connectivity index is 1.93. The molecular formula is C18H24FN3. The molecule has 0 aliphatic heterocycles. The fraction of sp³-hybridized carbons (Fsp3) is 0.500. The summed E-state index contributed by atoms with van der Waals surface area (Å²) in [6.45, 7) is 5.34. The standard InChI is InChI=1S/C18H24FN3/c1-4-13(2)21(3)12-17-16-6-5-7-18(16)22(20-17)15-10-8-14(19)9-11-15/h8-11,13H,4-7,12H2,1-3H3. The third-order valence-electron chi connectivity index (χ3n) is 4.83. The minimum atomic E-state index is -0.204. The fourth-order valence-corrected chi connectivity index (χ4v) is 3.14. The number of benzene rings is 1. The van der Waals surface area contributed by atoms with Crippen molar-refractivity contribution in [1.29, 1.82) is 0 Å². The van der Waals surface area contributed by atoms with Crippen LogP contribution < -0.4 is 0 Å². The molecule has 1 aromatic carbocycles. The summed E-state index contributed by atoms with van der Waals surface area (Å²) < 4.78 is 15.2. The quantitative estimate of drug-likeness (QED) is 0.839. The smallest absolute Gasteiger partial charge is 0.123 e. The summed E-state index contributed by atoms with van der Waals surface area (Å²) in [6.07, 6.45) is 4.50. The molecule has 1 aromatic heterocycles. The molecule has 4 heteroatoms. The number of aromatic nitrogens is 2. The average molecular weight is 301 g/mol. The Hall–Kier alpha value is -1.68. The second kappa shape index (κ2) is 6.21. The van der Waals surface area contributed by atoms with Crippen LogP contribution in [-0.4, -0.2) is 27.8 Å². The van der Waals surface area contributed by atoms with Crippen LogP contribution >= 0.6 is 0 Å². The van der Waals surface area contributed by atoms with Gasteiger partial charge in [-0.1, -0.05) is 6.92 Å². The summed E-state index contributed by atoms with van der Waals surface area (Å²) in [7, 11) is 2.16. The Morgan fingerprint density at radius 1 is 1.27 bits per heavy atom. The summed E-state index contributed by atoms with van der Waals surface area (Å²) in [5.41, 5.74) is 4.84. The molecule has 0 N–H and O–H groups in total. The molecule has 0 radical (unpaired) electrons. The van der Waals surface area contributed by atoms with Gasteiger partial charge in [0.05, 0.1) is 11.4 Å². The molecule has 0 saturated carbocycles. The molecule has 1 aliphatic rings. The molecule has 0 amide bonds. The zero-order valence-corrected chi connectivity index (χ0v) is 13.6. The molecule has 1 unspecified atom stereocenters. The highest BCUT2D eigenvalue weighted by atomic mass is 19.1. The second-order valence-electron chi connectivity index (χ2n) is 6.29. The van der Waals surface area contributed by atoms with Crippen molar-refractivity contribution in [2.45, 2.75) is 52.1 Å². The van der Waals surface area contributed by atoms with E-state index in [2.05, 4.69) is 25.8 Å². The molecule has 2 aromatic rings. The van der Waals surface area contributed by atoms with Crippen LogP contribution in [0.5, 0.6) is 0 Å². The van der Waals surface area contributed by atoms with Crippen LogP contribution in [-0.2, 0) is 19.4 Å². The minimum absolute atomic E-state index is 0.204. The molecule has 1 heterocycles. The van der Waals surface area contributed by atoms with Gasteiger partial charge < -0.3 is 0 Å². The lowest BCUT2D eigenvalue weighted by molar-refractivity contribution is 0.240. The first-order chi connectivity index (χ1) is 10.6. The van der Waals surface area contributed by atoms with E-state index >= 15 is 0 Å². The Bertz CT molecular complexity index is 645. The Morgan fingerprint density at radius 2 is 2.00 bits per heavy atom. The molecule has 1 atom stereocenters. The van der Waals surface area contributed by atoms with Crippen molar-refractivity contribution in [2.24, 2.45) is 0 Å². The maximum absolute atomic E-state index is 13.1. The molecule has 0 saturated heterocycles. The summed E-state index contributed by atoms with van der Waals surface area (Å²) >= 11 is 0. The van der Waals surface area contributed by atoms with Gasteiger partial charge in [0, 0.05) is 18.3 Å². The molecule has 0 fully saturated rings. The number of hydrogen-bond acceptors (Lipinski definition) is 2. The van der Waals surface area contributed by atoms with Crippen LogP contribution in [0.25, 0.3) is 5.69 Å². The number of nitrogens with zero attached hydrogens (tertiary/aromatic N) is 3. The Morgan fingerprint density at radius 3 is 2.68 bits per heavy atom. The SMILES string of the molecule is CCC(C)N(C)Cc1nn(-c2ccc(F)cc2)c2c1CCC2. The van der Waals surface area contributed by atoms with Crippen molar-refractivity contribution in [3.63, 3.8) is 0 Å². The van der Waals surface area contributed by atoms with E-state index in [1.54, 1.807) is 0 Å². The maximum atomic E-state index is 13.1. The van der Waals surface area contributed by atoms with E-state index in [-0.39, 0.29) is 5.82 Å². The van der Waals surface area contributed by atoms with Gasteiger partial charge in [-0.2, -0.15) is 5.10 Å². The Kier molecular flexibility index (Phi) is 4.30. The van der Waals surface area contributed by atoms with E-state index in [0.717, 1.165) is 31.5 Å². The van der Waals surface area contributed by atoms with Crippen LogP contribution in [0, 0.1) is 5.82 Å². The summed E-state index contributed by atoms with van der Waals surface area (Å²) in [6, 6.07) is 7.17. The number of hydrogen-bond donors (Lipinski definition) is 0. The monoisotopic (exact) mass is 301 g/mol. The summed E-state index contributed by atoms with van der Waals surface area (Å²) in [5.74, 6) is -0.204. The zero-order valence-electron chi connectivity index (χ0n) is 13.6. The highest BCUT2D eigenvalue weighted by Crippen LogP contribution is 2.28. The first-order valence-corrected chi connectivity index (χ1v) is 8.16. The van der Waals surface area contributed by atoms with Crippen molar-refractivity contribution in [2.75, 3.05) is 7.05 Å². The third-order valence-corrected chi connectivity index (χ3v) is 4.83. The molecule has 0 spiro atoms. The molecular weight excluding hydrogens is 277 g/mol. The van der Waals surface area contributed by atoms with Gasteiger partial charge in [-0.3, -0.25) is 4.90 Å². The summed E-state index contributed by atoms with van der Waals surface area (Å²) in [5, 5.41) is 4.84. The van der Waals surface area contributed by atoms with E-state index < -0.39 is 0 Å². The van der Waals surface area contributed by atoms with Gasteiger partial charge in [-0.05, 0) is 69.5 Å². The van der Waals surface area contributed by atoms with Crippen LogP contribution in [0.1, 0.15) is 43.6 Å². The van der Waals surface area contributed by atoms with Crippen molar-refractivity contribution in [3.8, 4) is 5.69 Å². The lowest BCUT2D eigenvalue weighted by Crippen LogP contribution is -2.28. The molecule has 1 aliphatic carbocycles. The van der Waals surface area contributed by atoms with Crippen molar-refractivity contribution < 1.29 is 4.39 Å². The fourth-order valence-electron chi connectivity index (χ4n) is 3.14. The van der Waals surface area contributed by atoms with Gasteiger partial charge in [0.1, 0.15) is 5.82 Å². The number of halogens is 1. The van der Waals surface area contributed by atoms with E-state index in [1.165, 1.54) is 35.5 Å². The summed E-state index contributed by atoms with van der Waals surface area (Å²) in [4.78, 5) is 2.36. The van der Waals surface area contributed by atoms with Crippen LogP contribution in [0.15, 0.2) is 24.3 Å². The lowest BCUT2D eigenvalue weighted by Gasteiger charge is -2.22. The zero-order chi connectivity index (χ0) is 15.7. The largest absolute Gasteiger partial charge is 0.298 e. The second-order valence-corrected chi connectivity index (χ2v) is 6.29. The molecule has 0 bridgehead atoms. The highest BCUT2D eigenvalue weighted by Gasteiger charge is 2.24. The first-order valence-electron chi connectivity index (χ1n) is 8.16. The molecule has 3 rings (SSSR count). The van der Waals surface area contributed by atoms with Crippen molar-refractivity contribution in [3.05, 3.63) is 47.0 Å². The normalized spacial score (nSPS) is 15.3. The van der Waals surface area contributed by atoms with E-state index in [4.69, 9.17) is 5.10 Å². The maximum Gasteiger partial charge on any atom is 0.123 e. The third kappa shape index (κ3) is 2.80. The molecule has 22 heavy (non-hydrogen) atoms. The number of rotatable bonds is 5.